The van der Waals surface area contributed by atoms with Gasteiger partial charge >= 0.3 is 5.97 Å². The second-order valence-electron chi connectivity index (χ2n) is 3.68. The number of benzene rings is 1. The van der Waals surface area contributed by atoms with Gasteiger partial charge in [-0.3, -0.25) is 4.79 Å². The highest BCUT2D eigenvalue weighted by molar-refractivity contribution is 6.33. The molecule has 0 aromatic heterocycles. The number of halogens is 1. The standard InChI is InChI=1S/C11H14ClNO4/c1-5-3-7(17-2)11(16)10(12)9(5)6(13)4-8(14)15/h3,6,16H,4,13H2,1-2H3,(H,14,15). The number of hydrogen-bond donors (Lipinski definition) is 3. The van der Waals surface area contributed by atoms with Crippen molar-refractivity contribution in [3.8, 4) is 11.5 Å². The first kappa shape index (κ1) is 13.6. The van der Waals surface area contributed by atoms with E-state index in [1.165, 1.54) is 7.11 Å². The van der Waals surface area contributed by atoms with Crippen molar-refractivity contribution in [1.82, 2.24) is 0 Å². The lowest BCUT2D eigenvalue weighted by molar-refractivity contribution is -0.137. The average Bonchev–Trinajstić information content (AvgIpc) is 2.22. The van der Waals surface area contributed by atoms with Gasteiger partial charge in [0, 0.05) is 6.04 Å². The summed E-state index contributed by atoms with van der Waals surface area (Å²) >= 11 is 5.96. The van der Waals surface area contributed by atoms with Gasteiger partial charge < -0.3 is 20.7 Å². The number of methoxy groups -OCH3 is 1. The Kier molecular flexibility index (Phi) is 4.20. The van der Waals surface area contributed by atoms with E-state index in [-0.39, 0.29) is 22.9 Å². The van der Waals surface area contributed by atoms with Crippen molar-refractivity contribution in [2.75, 3.05) is 7.11 Å². The molecule has 0 bridgehead atoms. The molecule has 4 N–H and O–H groups in total. The van der Waals surface area contributed by atoms with Crippen LogP contribution in [0.25, 0.3) is 0 Å². The number of aromatic hydroxyl groups is 1. The van der Waals surface area contributed by atoms with E-state index in [4.69, 9.17) is 27.2 Å². The highest BCUT2D eigenvalue weighted by atomic mass is 35.5. The number of carboxylic acids is 1. The van der Waals surface area contributed by atoms with Crippen molar-refractivity contribution in [2.24, 2.45) is 5.73 Å². The minimum atomic E-state index is -1.02. The molecule has 1 rings (SSSR count). The number of carbonyl (C=O) groups is 1. The summed E-state index contributed by atoms with van der Waals surface area (Å²) < 4.78 is 4.93. The highest BCUT2D eigenvalue weighted by Crippen LogP contribution is 2.41. The SMILES string of the molecule is COc1cc(C)c(C(N)CC(=O)O)c(Cl)c1O. The lowest BCUT2D eigenvalue weighted by atomic mass is 9.98. The zero-order valence-corrected chi connectivity index (χ0v) is 10.3. The Labute approximate surface area is 104 Å². The molecule has 0 heterocycles. The molecular weight excluding hydrogens is 246 g/mol. The fourth-order valence-corrected chi connectivity index (χ4v) is 2.03. The van der Waals surface area contributed by atoms with Gasteiger partial charge in [0.15, 0.2) is 11.5 Å². The van der Waals surface area contributed by atoms with Gasteiger partial charge in [0.25, 0.3) is 0 Å². The molecule has 6 heteroatoms. The second kappa shape index (κ2) is 5.25. The van der Waals surface area contributed by atoms with Crippen molar-refractivity contribution in [3.05, 3.63) is 22.2 Å². The predicted octanol–water partition coefficient (Wildman–Crippen LogP) is 1.84. The quantitative estimate of drug-likeness (QED) is 0.767. The van der Waals surface area contributed by atoms with Crippen LogP contribution >= 0.6 is 11.6 Å². The molecule has 0 saturated carbocycles. The van der Waals surface area contributed by atoms with Gasteiger partial charge in [0.05, 0.1) is 18.6 Å². The van der Waals surface area contributed by atoms with Crippen molar-refractivity contribution in [2.45, 2.75) is 19.4 Å². The van der Waals surface area contributed by atoms with E-state index in [1.807, 2.05) is 0 Å². The van der Waals surface area contributed by atoms with Crippen LogP contribution in [0.3, 0.4) is 0 Å². The number of phenolic OH excluding ortho intramolecular Hbond substituents is 1. The lowest BCUT2D eigenvalue weighted by Gasteiger charge is -2.17. The Morgan fingerprint density at radius 2 is 2.24 bits per heavy atom. The summed E-state index contributed by atoms with van der Waals surface area (Å²) in [5.41, 5.74) is 6.84. The highest BCUT2D eigenvalue weighted by Gasteiger charge is 2.21. The van der Waals surface area contributed by atoms with E-state index >= 15 is 0 Å². The molecule has 0 aliphatic carbocycles. The van der Waals surface area contributed by atoms with E-state index in [0.717, 1.165) is 0 Å². The van der Waals surface area contributed by atoms with Gasteiger partial charge in [-0.25, -0.2) is 0 Å². The molecule has 1 atom stereocenters. The van der Waals surface area contributed by atoms with Crippen LogP contribution in [0.5, 0.6) is 11.5 Å². The molecule has 17 heavy (non-hydrogen) atoms. The van der Waals surface area contributed by atoms with Gasteiger partial charge in [-0.15, -0.1) is 0 Å². The third-order valence-corrected chi connectivity index (χ3v) is 2.82. The summed E-state index contributed by atoms with van der Waals surface area (Å²) in [4.78, 5) is 10.6. The van der Waals surface area contributed by atoms with Gasteiger partial charge in [-0.2, -0.15) is 0 Å². The topological polar surface area (TPSA) is 92.8 Å². The average molecular weight is 260 g/mol. The maximum absolute atomic E-state index is 10.6. The molecule has 0 spiro atoms. The molecule has 0 aliphatic heterocycles. The van der Waals surface area contributed by atoms with Crippen molar-refractivity contribution < 1.29 is 19.7 Å². The summed E-state index contributed by atoms with van der Waals surface area (Å²) in [5, 5.41) is 18.5. The first-order valence-electron chi connectivity index (χ1n) is 4.91. The molecular formula is C11H14ClNO4. The zero-order chi connectivity index (χ0) is 13.2. The molecule has 0 fully saturated rings. The molecule has 0 aliphatic rings. The molecule has 1 aromatic carbocycles. The number of phenols is 1. The summed E-state index contributed by atoms with van der Waals surface area (Å²) in [7, 11) is 1.40. The molecule has 0 saturated heterocycles. The van der Waals surface area contributed by atoms with Crippen LogP contribution in [0.15, 0.2) is 6.07 Å². The molecule has 5 nitrogen and oxygen atoms in total. The number of carboxylic acid groups (broad SMARTS) is 1. The Balaban J connectivity index is 3.25. The Morgan fingerprint density at radius 3 is 2.71 bits per heavy atom. The zero-order valence-electron chi connectivity index (χ0n) is 9.53. The minimum absolute atomic E-state index is 0.0376. The van der Waals surface area contributed by atoms with Crippen molar-refractivity contribution in [3.63, 3.8) is 0 Å². The van der Waals surface area contributed by atoms with Crippen LogP contribution in [0.1, 0.15) is 23.6 Å². The number of nitrogens with two attached hydrogens (primary N) is 1. The van der Waals surface area contributed by atoms with Gasteiger partial charge in [0.2, 0.25) is 0 Å². The van der Waals surface area contributed by atoms with Gasteiger partial charge in [-0.05, 0) is 24.1 Å². The monoisotopic (exact) mass is 259 g/mol. The van der Waals surface area contributed by atoms with Gasteiger partial charge in [0.1, 0.15) is 0 Å². The van der Waals surface area contributed by atoms with E-state index < -0.39 is 12.0 Å². The largest absolute Gasteiger partial charge is 0.503 e. The Hall–Kier alpha value is -1.46. The van der Waals surface area contributed by atoms with Crippen molar-refractivity contribution >= 4 is 17.6 Å². The predicted molar refractivity (Wildman–Crippen MR) is 63.6 cm³/mol. The van der Waals surface area contributed by atoms with Gasteiger partial charge in [-0.1, -0.05) is 11.6 Å². The Bertz CT molecular complexity index is 448. The molecule has 94 valence electrons. The normalized spacial score (nSPS) is 12.2. The maximum atomic E-state index is 10.6. The van der Waals surface area contributed by atoms with E-state index in [0.29, 0.717) is 11.1 Å². The van der Waals surface area contributed by atoms with E-state index in [1.54, 1.807) is 13.0 Å². The first-order chi connectivity index (χ1) is 7.88. The van der Waals surface area contributed by atoms with Crippen LogP contribution < -0.4 is 10.5 Å². The molecule has 1 unspecified atom stereocenters. The van der Waals surface area contributed by atoms with Crippen LogP contribution in [0.4, 0.5) is 0 Å². The third kappa shape index (κ3) is 2.81. The van der Waals surface area contributed by atoms with Crippen LogP contribution in [-0.2, 0) is 4.79 Å². The number of hydrogen-bond acceptors (Lipinski definition) is 4. The maximum Gasteiger partial charge on any atom is 0.305 e. The van der Waals surface area contributed by atoms with Crippen LogP contribution in [0.2, 0.25) is 5.02 Å². The third-order valence-electron chi connectivity index (χ3n) is 2.44. The Morgan fingerprint density at radius 1 is 1.65 bits per heavy atom. The second-order valence-corrected chi connectivity index (χ2v) is 4.05. The summed E-state index contributed by atoms with van der Waals surface area (Å²) in [5.74, 6) is -1.02. The summed E-state index contributed by atoms with van der Waals surface area (Å²) in [6, 6.07) is 0.801. The summed E-state index contributed by atoms with van der Waals surface area (Å²) in [6.07, 6.45) is -0.258. The fourth-order valence-electron chi connectivity index (χ4n) is 1.65. The lowest BCUT2D eigenvalue weighted by Crippen LogP contribution is -2.16. The number of aryl methyl sites for hydroxylation is 1. The summed E-state index contributed by atoms with van der Waals surface area (Å²) in [6.45, 7) is 1.73. The number of aliphatic carboxylic acids is 1. The number of rotatable bonds is 4. The van der Waals surface area contributed by atoms with Crippen LogP contribution in [-0.4, -0.2) is 23.3 Å². The minimum Gasteiger partial charge on any atom is -0.503 e. The molecule has 0 radical (unpaired) electrons. The van der Waals surface area contributed by atoms with Crippen LogP contribution in [0, 0.1) is 6.92 Å². The molecule has 0 amide bonds. The smallest absolute Gasteiger partial charge is 0.305 e. The molecule has 1 aromatic rings. The van der Waals surface area contributed by atoms with E-state index in [9.17, 15) is 9.90 Å². The number of ether oxygens (including phenoxy) is 1. The van der Waals surface area contributed by atoms with E-state index in [2.05, 4.69) is 0 Å². The van der Waals surface area contributed by atoms with Crippen molar-refractivity contribution in [1.29, 1.82) is 0 Å². The fraction of sp³-hybridized carbons (Fsp3) is 0.364. The first-order valence-corrected chi connectivity index (χ1v) is 5.29.